The topological polar surface area (TPSA) is 29.5 Å². The minimum Gasteiger partial charge on any atom is -0.489 e. The van der Waals surface area contributed by atoms with Crippen LogP contribution in [0.4, 0.5) is 0 Å². The summed E-state index contributed by atoms with van der Waals surface area (Å²) in [5.41, 5.74) is 4.56. The van der Waals surface area contributed by atoms with Crippen LogP contribution in [0.5, 0.6) is 5.75 Å². The molecular weight excluding hydrogens is 442 g/mol. The molecule has 1 atom stereocenters. The molecule has 34 heavy (non-hydrogen) atoms. The monoisotopic (exact) mass is 473 g/mol. The maximum Gasteiger partial charge on any atom is 0.166 e. The molecule has 1 aliphatic carbocycles. The van der Waals surface area contributed by atoms with Crippen molar-refractivity contribution in [3.63, 3.8) is 0 Å². The Kier molecular flexibility index (Phi) is 7.32. The lowest BCUT2D eigenvalue weighted by Gasteiger charge is -2.33. The van der Waals surface area contributed by atoms with E-state index in [0.717, 1.165) is 66.4 Å². The summed E-state index contributed by atoms with van der Waals surface area (Å²) < 4.78 is 5.97. The predicted octanol–water partition coefficient (Wildman–Crippen LogP) is 6.93. The molecule has 176 valence electrons. The van der Waals surface area contributed by atoms with Crippen molar-refractivity contribution in [3.05, 3.63) is 100 Å². The predicted molar refractivity (Wildman–Crippen MR) is 138 cm³/mol. The first-order chi connectivity index (χ1) is 16.7. The molecule has 0 saturated carbocycles. The van der Waals surface area contributed by atoms with Gasteiger partial charge in [0.15, 0.2) is 5.78 Å². The van der Waals surface area contributed by atoms with E-state index in [1.54, 1.807) is 0 Å². The summed E-state index contributed by atoms with van der Waals surface area (Å²) in [5.74, 6) is 1.95. The maximum absolute atomic E-state index is 13.2. The van der Waals surface area contributed by atoms with E-state index in [-0.39, 0.29) is 5.92 Å². The second kappa shape index (κ2) is 10.8. The van der Waals surface area contributed by atoms with Gasteiger partial charge in [-0.1, -0.05) is 54.1 Å². The first-order valence-electron chi connectivity index (χ1n) is 12.5. The summed E-state index contributed by atoms with van der Waals surface area (Å²) in [6.07, 6.45) is 5.27. The number of likely N-dealkylation sites (tertiary alicyclic amines) is 1. The number of piperidine rings is 1. The number of hydrogen-bond acceptors (Lipinski definition) is 3. The average molecular weight is 474 g/mol. The van der Waals surface area contributed by atoms with Gasteiger partial charge in [0.2, 0.25) is 0 Å². The van der Waals surface area contributed by atoms with E-state index >= 15 is 0 Å². The lowest BCUT2D eigenvalue weighted by molar-refractivity contribution is 0.0877. The summed E-state index contributed by atoms with van der Waals surface area (Å²) in [6, 6.07) is 24.5. The third kappa shape index (κ3) is 5.54. The summed E-state index contributed by atoms with van der Waals surface area (Å²) in [7, 11) is 0. The van der Waals surface area contributed by atoms with Crippen LogP contribution in [0.3, 0.4) is 0 Å². The van der Waals surface area contributed by atoms with Gasteiger partial charge in [-0.3, -0.25) is 4.79 Å². The van der Waals surface area contributed by atoms with E-state index in [1.807, 2.05) is 42.5 Å². The highest BCUT2D eigenvalue weighted by Gasteiger charge is 2.29. The van der Waals surface area contributed by atoms with Crippen molar-refractivity contribution in [3.8, 4) is 5.75 Å². The molecule has 2 aliphatic rings. The molecule has 0 radical (unpaired) electrons. The SMILES string of the molecule is O=C1c2ccc(OCc3ccc(Cl)cc3)cc2CCC1CCN1CCC(c2ccccc2)CC1. The molecule has 3 aromatic rings. The molecule has 3 aromatic carbocycles. The first kappa shape index (κ1) is 23.1. The smallest absolute Gasteiger partial charge is 0.166 e. The Balaban J connectivity index is 1.11. The van der Waals surface area contributed by atoms with Crippen LogP contribution in [0.2, 0.25) is 5.02 Å². The molecule has 0 spiro atoms. The molecule has 1 aliphatic heterocycles. The van der Waals surface area contributed by atoms with E-state index in [9.17, 15) is 4.79 Å². The van der Waals surface area contributed by atoms with Crippen LogP contribution >= 0.6 is 11.6 Å². The highest BCUT2D eigenvalue weighted by atomic mass is 35.5. The Hall–Kier alpha value is -2.62. The number of nitrogens with zero attached hydrogens (tertiary/aromatic N) is 1. The van der Waals surface area contributed by atoms with E-state index in [2.05, 4.69) is 35.2 Å². The minimum atomic E-state index is 0.139. The number of halogens is 1. The highest BCUT2D eigenvalue weighted by molar-refractivity contribution is 6.30. The molecule has 1 unspecified atom stereocenters. The molecule has 5 rings (SSSR count). The van der Waals surface area contributed by atoms with E-state index < -0.39 is 0 Å². The van der Waals surface area contributed by atoms with E-state index in [4.69, 9.17) is 16.3 Å². The zero-order chi connectivity index (χ0) is 23.3. The van der Waals surface area contributed by atoms with Crippen molar-refractivity contribution in [1.29, 1.82) is 0 Å². The number of fused-ring (bicyclic) bond motifs is 1. The molecule has 1 saturated heterocycles. The van der Waals surface area contributed by atoms with Gasteiger partial charge in [0.25, 0.3) is 0 Å². The molecule has 0 bridgehead atoms. The number of ketones is 1. The fraction of sp³-hybridized carbons (Fsp3) is 0.367. The van der Waals surface area contributed by atoms with Gasteiger partial charge in [-0.05, 0) is 105 Å². The number of rotatable bonds is 7. The molecule has 1 fully saturated rings. The van der Waals surface area contributed by atoms with Crippen LogP contribution in [-0.4, -0.2) is 30.3 Å². The minimum absolute atomic E-state index is 0.139. The number of aryl methyl sites for hydroxylation is 1. The van der Waals surface area contributed by atoms with Crippen LogP contribution in [0, 0.1) is 5.92 Å². The fourth-order valence-corrected chi connectivity index (χ4v) is 5.49. The van der Waals surface area contributed by atoms with Gasteiger partial charge in [0, 0.05) is 16.5 Å². The van der Waals surface area contributed by atoms with Gasteiger partial charge in [0.05, 0.1) is 0 Å². The fourth-order valence-electron chi connectivity index (χ4n) is 5.36. The molecule has 3 nitrogen and oxygen atoms in total. The summed E-state index contributed by atoms with van der Waals surface area (Å²) in [4.78, 5) is 15.7. The van der Waals surface area contributed by atoms with Gasteiger partial charge in [-0.2, -0.15) is 0 Å². The van der Waals surface area contributed by atoms with Gasteiger partial charge in [0.1, 0.15) is 12.4 Å². The average Bonchev–Trinajstić information content (AvgIpc) is 2.89. The van der Waals surface area contributed by atoms with Crippen molar-refractivity contribution in [1.82, 2.24) is 4.90 Å². The maximum atomic E-state index is 13.2. The quantitative estimate of drug-likeness (QED) is 0.372. The molecule has 1 heterocycles. The van der Waals surface area contributed by atoms with Gasteiger partial charge >= 0.3 is 0 Å². The number of carbonyl (C=O) groups is 1. The summed E-state index contributed by atoms with van der Waals surface area (Å²) in [6.45, 7) is 3.78. The summed E-state index contributed by atoms with van der Waals surface area (Å²) in [5, 5.41) is 0.724. The number of ether oxygens (including phenoxy) is 1. The van der Waals surface area contributed by atoms with E-state index in [1.165, 1.54) is 18.4 Å². The van der Waals surface area contributed by atoms with Crippen LogP contribution in [0.25, 0.3) is 0 Å². The van der Waals surface area contributed by atoms with E-state index in [0.29, 0.717) is 18.3 Å². The van der Waals surface area contributed by atoms with Crippen LogP contribution in [-0.2, 0) is 13.0 Å². The van der Waals surface area contributed by atoms with Crippen molar-refractivity contribution in [2.45, 2.75) is 44.6 Å². The normalized spacial score (nSPS) is 19.1. The molecule has 0 aromatic heterocycles. The van der Waals surface area contributed by atoms with Crippen LogP contribution in [0.15, 0.2) is 72.8 Å². The van der Waals surface area contributed by atoms with Crippen LogP contribution in [0.1, 0.15) is 58.6 Å². The van der Waals surface area contributed by atoms with Gasteiger partial charge in [-0.15, -0.1) is 0 Å². The first-order valence-corrected chi connectivity index (χ1v) is 12.9. The zero-order valence-electron chi connectivity index (χ0n) is 19.6. The summed E-state index contributed by atoms with van der Waals surface area (Å²) >= 11 is 5.95. The molecule has 4 heteroatoms. The Morgan fingerprint density at radius 3 is 2.44 bits per heavy atom. The largest absolute Gasteiger partial charge is 0.489 e. The number of hydrogen-bond donors (Lipinski definition) is 0. The second-order valence-electron chi connectivity index (χ2n) is 9.65. The number of Topliss-reactive ketones (excluding diaryl/α,β-unsaturated/α-hetero) is 1. The molecule has 0 N–H and O–H groups in total. The Labute approximate surface area is 207 Å². The lowest BCUT2D eigenvalue weighted by Crippen LogP contribution is -2.35. The Morgan fingerprint density at radius 1 is 0.912 bits per heavy atom. The van der Waals surface area contributed by atoms with Crippen molar-refractivity contribution in [2.75, 3.05) is 19.6 Å². The standard InChI is InChI=1S/C30H32ClNO2/c31-27-10-6-22(7-11-27)21-34-28-12-13-29-26(20-28)9-8-25(30(29)33)16-19-32-17-14-24(15-18-32)23-4-2-1-3-5-23/h1-7,10-13,20,24-25H,8-9,14-19,21H2. The second-order valence-corrected chi connectivity index (χ2v) is 10.1. The number of benzene rings is 3. The van der Waals surface area contributed by atoms with Crippen LogP contribution < -0.4 is 4.74 Å². The van der Waals surface area contributed by atoms with Crippen molar-refractivity contribution in [2.24, 2.45) is 5.92 Å². The number of carbonyl (C=O) groups excluding carboxylic acids is 1. The third-order valence-corrected chi connectivity index (χ3v) is 7.70. The Bertz CT molecular complexity index is 1100. The highest BCUT2D eigenvalue weighted by Crippen LogP contribution is 2.32. The van der Waals surface area contributed by atoms with Crippen molar-refractivity contribution < 1.29 is 9.53 Å². The molecular formula is C30H32ClNO2. The third-order valence-electron chi connectivity index (χ3n) is 7.45. The Morgan fingerprint density at radius 2 is 1.68 bits per heavy atom. The van der Waals surface area contributed by atoms with Crippen molar-refractivity contribution >= 4 is 17.4 Å². The zero-order valence-corrected chi connectivity index (χ0v) is 20.3. The van der Waals surface area contributed by atoms with Gasteiger partial charge < -0.3 is 9.64 Å². The van der Waals surface area contributed by atoms with Gasteiger partial charge in [-0.25, -0.2) is 0 Å². The lowest BCUT2D eigenvalue weighted by atomic mass is 9.80. The molecule has 0 amide bonds.